The zero-order chi connectivity index (χ0) is 25.5. The zero-order valence-corrected chi connectivity index (χ0v) is 17.9. The van der Waals surface area contributed by atoms with Crippen molar-refractivity contribution >= 4 is 52.5 Å². The first-order chi connectivity index (χ1) is 17.2. The van der Waals surface area contributed by atoms with E-state index in [0.29, 0.717) is 0 Å². The maximum Gasteiger partial charge on any atom is 0.371 e. The SMILES string of the molecule is O=C1NC(=O)c2cc([N+]3(c4ccc5c(c4)C(=O)NC5=O)C(=O)c4cccc([N+](=O)[O-])c4C3=O)ccc21. The van der Waals surface area contributed by atoms with Gasteiger partial charge in [-0.3, -0.25) is 39.9 Å². The predicted octanol–water partition coefficient (Wildman–Crippen LogP) is 2.00. The molecule has 0 radical (unpaired) electrons. The van der Waals surface area contributed by atoms with Crippen molar-refractivity contribution < 1.29 is 33.7 Å². The molecule has 3 aliphatic heterocycles. The summed E-state index contributed by atoms with van der Waals surface area (Å²) in [6.07, 6.45) is 0. The van der Waals surface area contributed by atoms with E-state index in [1.54, 1.807) is 0 Å². The number of carbonyl (C=O) groups excluding carboxylic acids is 6. The van der Waals surface area contributed by atoms with Crippen LogP contribution >= 0.6 is 0 Å². The maximum absolute atomic E-state index is 14.1. The Bertz CT molecular complexity index is 1610. The lowest BCUT2D eigenvalue weighted by Gasteiger charge is -2.28. The lowest BCUT2D eigenvalue weighted by molar-refractivity contribution is -0.385. The molecule has 3 aliphatic rings. The summed E-state index contributed by atoms with van der Waals surface area (Å²) in [6.45, 7) is 0. The molecule has 0 bridgehead atoms. The molecule has 0 unspecified atom stereocenters. The highest BCUT2D eigenvalue weighted by Crippen LogP contribution is 2.47. The Labute approximate surface area is 199 Å². The predicted molar refractivity (Wildman–Crippen MR) is 120 cm³/mol. The van der Waals surface area contributed by atoms with Gasteiger partial charge in [0.2, 0.25) is 0 Å². The minimum absolute atomic E-state index is 0.0309. The number of quaternary nitrogens is 1. The van der Waals surface area contributed by atoms with E-state index in [2.05, 4.69) is 10.6 Å². The second-order valence-corrected chi connectivity index (χ2v) is 8.26. The molecule has 3 heterocycles. The monoisotopic (exact) mass is 483 g/mol. The molecule has 0 fully saturated rings. The highest BCUT2D eigenvalue weighted by atomic mass is 16.6. The summed E-state index contributed by atoms with van der Waals surface area (Å²) >= 11 is 0. The van der Waals surface area contributed by atoms with Gasteiger partial charge in [-0.15, -0.1) is 4.48 Å². The number of imide groups is 3. The summed E-state index contributed by atoms with van der Waals surface area (Å²) in [6, 6.07) is 11.2. The number of benzene rings is 3. The van der Waals surface area contributed by atoms with Gasteiger partial charge in [-0.25, -0.2) is 9.59 Å². The molecule has 2 N–H and O–H groups in total. The van der Waals surface area contributed by atoms with Gasteiger partial charge in [-0.05, 0) is 18.2 Å². The van der Waals surface area contributed by atoms with Gasteiger partial charge in [0.15, 0.2) is 16.9 Å². The van der Waals surface area contributed by atoms with Crippen LogP contribution in [0.25, 0.3) is 0 Å². The minimum atomic E-state index is -1.26. The fraction of sp³-hybridized carbons (Fsp3) is 0. The van der Waals surface area contributed by atoms with Crippen molar-refractivity contribution in [2.24, 2.45) is 0 Å². The number of carbonyl (C=O) groups is 6. The van der Waals surface area contributed by atoms with E-state index in [4.69, 9.17) is 0 Å². The fourth-order valence-electron chi connectivity index (χ4n) is 4.88. The van der Waals surface area contributed by atoms with E-state index >= 15 is 0 Å². The first-order valence-electron chi connectivity index (χ1n) is 10.4. The number of hydrogen-bond acceptors (Lipinski definition) is 8. The van der Waals surface area contributed by atoms with Crippen LogP contribution in [0.1, 0.15) is 62.1 Å². The summed E-state index contributed by atoms with van der Waals surface area (Å²) in [7, 11) is 0. The maximum atomic E-state index is 14.1. The van der Waals surface area contributed by atoms with Crippen molar-refractivity contribution in [2.45, 2.75) is 0 Å². The van der Waals surface area contributed by atoms with Gasteiger partial charge in [0.25, 0.3) is 29.3 Å². The number of nitrogens with zero attached hydrogens (tertiary/aromatic N) is 2. The molecule has 6 rings (SSSR count). The topological polar surface area (TPSA) is 170 Å². The van der Waals surface area contributed by atoms with Crippen LogP contribution in [-0.2, 0) is 0 Å². The number of nitro groups is 1. The molecule has 0 aromatic heterocycles. The van der Waals surface area contributed by atoms with Crippen LogP contribution in [0.5, 0.6) is 0 Å². The Morgan fingerprint density at radius 3 is 1.61 bits per heavy atom. The van der Waals surface area contributed by atoms with Crippen LogP contribution in [0.4, 0.5) is 17.1 Å². The van der Waals surface area contributed by atoms with E-state index in [1.807, 2.05) is 0 Å². The number of nitrogens with one attached hydrogen (secondary N) is 2. The largest absolute Gasteiger partial charge is 0.371 e. The van der Waals surface area contributed by atoms with Crippen molar-refractivity contribution in [3.05, 3.63) is 98.1 Å². The fourth-order valence-corrected chi connectivity index (χ4v) is 4.88. The Balaban J connectivity index is 1.69. The van der Waals surface area contributed by atoms with Crippen molar-refractivity contribution in [1.29, 1.82) is 0 Å². The first-order valence-corrected chi connectivity index (χ1v) is 10.4. The minimum Gasteiger partial charge on any atom is -0.288 e. The first kappa shape index (κ1) is 21.2. The third-order valence-corrected chi connectivity index (χ3v) is 6.51. The van der Waals surface area contributed by atoms with Crippen LogP contribution in [0, 0.1) is 10.1 Å². The molecule has 36 heavy (non-hydrogen) atoms. The second-order valence-electron chi connectivity index (χ2n) is 8.26. The van der Waals surface area contributed by atoms with Crippen LogP contribution in [0.15, 0.2) is 54.6 Å². The van der Waals surface area contributed by atoms with Crippen LogP contribution < -0.4 is 15.1 Å². The molecule has 12 heteroatoms. The van der Waals surface area contributed by atoms with Crippen LogP contribution in [0.3, 0.4) is 0 Å². The van der Waals surface area contributed by atoms with Gasteiger partial charge >= 0.3 is 11.8 Å². The standard InChI is InChI=1S/C24H10N4O8/c29-19-12-6-4-10(8-15(12)21(31)25-19)28(11-5-7-13-16(9-11)22(32)26-20(13)30)23(33)14-2-1-3-17(27(35)36)18(14)24(28)34/h1-9H,(H-,25,26,29,30,31,32)/p+1. The van der Waals surface area contributed by atoms with E-state index < -0.39 is 56.1 Å². The number of amides is 6. The van der Waals surface area contributed by atoms with Crippen molar-refractivity contribution in [3.63, 3.8) is 0 Å². The Hall–Kier alpha value is -5.36. The molecule has 3 aromatic rings. The van der Waals surface area contributed by atoms with E-state index in [9.17, 15) is 38.9 Å². The van der Waals surface area contributed by atoms with Gasteiger partial charge < -0.3 is 0 Å². The van der Waals surface area contributed by atoms with Gasteiger partial charge in [-0.2, -0.15) is 0 Å². The quantitative estimate of drug-likeness (QED) is 0.247. The highest BCUT2D eigenvalue weighted by molar-refractivity contribution is 6.35. The average molecular weight is 483 g/mol. The van der Waals surface area contributed by atoms with Crippen molar-refractivity contribution in [1.82, 2.24) is 15.1 Å². The molecular weight excluding hydrogens is 472 g/mol. The summed E-state index contributed by atoms with van der Waals surface area (Å²) in [5, 5.41) is 16.0. The molecule has 174 valence electrons. The third-order valence-electron chi connectivity index (χ3n) is 6.51. The van der Waals surface area contributed by atoms with E-state index in [-0.39, 0.29) is 39.2 Å². The third kappa shape index (κ3) is 2.44. The van der Waals surface area contributed by atoms with E-state index in [0.717, 1.165) is 6.07 Å². The number of hydrogen-bond donors (Lipinski definition) is 2. The lowest BCUT2D eigenvalue weighted by atomic mass is 10.0. The Morgan fingerprint density at radius 2 is 1.11 bits per heavy atom. The summed E-state index contributed by atoms with van der Waals surface area (Å²) < 4.78 is -1.26. The summed E-state index contributed by atoms with van der Waals surface area (Å²) in [5.74, 6) is -4.64. The normalized spacial score (nSPS) is 17.0. The average Bonchev–Trinajstić information content (AvgIpc) is 3.40. The number of fused-ring (bicyclic) bond motifs is 3. The smallest absolute Gasteiger partial charge is 0.288 e. The zero-order valence-electron chi connectivity index (χ0n) is 17.9. The molecule has 3 aromatic carbocycles. The second kappa shape index (κ2) is 6.84. The molecule has 0 aliphatic carbocycles. The van der Waals surface area contributed by atoms with Gasteiger partial charge in [0.1, 0.15) is 5.56 Å². The molecular formula is C24H11N4O8+. The molecule has 0 saturated carbocycles. The molecule has 0 atom stereocenters. The molecule has 0 saturated heterocycles. The van der Waals surface area contributed by atoms with Crippen molar-refractivity contribution in [3.8, 4) is 0 Å². The molecule has 6 amide bonds. The molecule has 0 spiro atoms. The van der Waals surface area contributed by atoms with Gasteiger partial charge in [-0.1, -0.05) is 6.07 Å². The Kier molecular flexibility index (Phi) is 4.02. The number of nitro benzene ring substituents is 1. The summed E-state index contributed by atoms with van der Waals surface area (Å²) in [4.78, 5) is 87.8. The van der Waals surface area contributed by atoms with Crippen LogP contribution in [-0.4, -0.2) is 40.4 Å². The summed E-state index contributed by atoms with van der Waals surface area (Å²) in [5.41, 5.74) is -1.52. The lowest BCUT2D eigenvalue weighted by Crippen LogP contribution is -2.49. The van der Waals surface area contributed by atoms with Gasteiger partial charge in [0, 0.05) is 30.3 Å². The Morgan fingerprint density at radius 1 is 0.611 bits per heavy atom. The van der Waals surface area contributed by atoms with Gasteiger partial charge in [0.05, 0.1) is 27.2 Å². The van der Waals surface area contributed by atoms with Crippen LogP contribution in [0.2, 0.25) is 0 Å². The number of rotatable bonds is 3. The van der Waals surface area contributed by atoms with Crippen molar-refractivity contribution in [2.75, 3.05) is 0 Å². The molecule has 12 nitrogen and oxygen atoms in total. The highest BCUT2D eigenvalue weighted by Gasteiger charge is 2.60. The van der Waals surface area contributed by atoms with E-state index in [1.165, 1.54) is 48.5 Å².